The molecule has 1 amide bonds. The van der Waals surface area contributed by atoms with Gasteiger partial charge in [0.15, 0.2) is 17.6 Å². The quantitative estimate of drug-likeness (QED) is 0.817. The van der Waals surface area contributed by atoms with Crippen LogP contribution in [-0.2, 0) is 4.79 Å². The van der Waals surface area contributed by atoms with E-state index in [1.807, 2.05) is 13.8 Å². The minimum atomic E-state index is -0.514. The van der Waals surface area contributed by atoms with E-state index in [1.165, 1.54) is 0 Å². The summed E-state index contributed by atoms with van der Waals surface area (Å²) in [7, 11) is 0. The zero-order chi connectivity index (χ0) is 13.8. The second-order valence-electron chi connectivity index (χ2n) is 4.29. The van der Waals surface area contributed by atoms with Crippen molar-refractivity contribution in [2.24, 2.45) is 0 Å². The van der Waals surface area contributed by atoms with Gasteiger partial charge in [0.2, 0.25) is 6.79 Å². The van der Waals surface area contributed by atoms with Gasteiger partial charge in [0.25, 0.3) is 5.91 Å². The van der Waals surface area contributed by atoms with Crippen molar-refractivity contribution in [2.45, 2.75) is 26.9 Å². The number of rotatable bonds is 5. The van der Waals surface area contributed by atoms with E-state index in [2.05, 4.69) is 0 Å². The van der Waals surface area contributed by atoms with E-state index in [4.69, 9.17) is 14.2 Å². The first-order chi connectivity index (χ1) is 9.15. The SMILES string of the molecule is CCN(CC)C(=O)[C@H](C)Oc1ccc2c(c1)OCO2. The van der Waals surface area contributed by atoms with Crippen LogP contribution in [0.2, 0.25) is 0 Å². The van der Waals surface area contributed by atoms with Crippen molar-refractivity contribution in [3.05, 3.63) is 18.2 Å². The molecule has 0 aromatic heterocycles. The van der Waals surface area contributed by atoms with Gasteiger partial charge >= 0.3 is 0 Å². The minimum absolute atomic E-state index is 0.0114. The van der Waals surface area contributed by atoms with Gasteiger partial charge in [-0.15, -0.1) is 0 Å². The highest BCUT2D eigenvalue weighted by molar-refractivity contribution is 5.80. The first kappa shape index (κ1) is 13.5. The van der Waals surface area contributed by atoms with E-state index in [-0.39, 0.29) is 12.7 Å². The first-order valence-electron chi connectivity index (χ1n) is 6.50. The highest BCUT2D eigenvalue weighted by atomic mass is 16.7. The van der Waals surface area contributed by atoms with Crippen LogP contribution < -0.4 is 14.2 Å². The molecule has 1 aliphatic rings. The van der Waals surface area contributed by atoms with Gasteiger partial charge in [-0.1, -0.05) is 0 Å². The molecule has 1 atom stereocenters. The minimum Gasteiger partial charge on any atom is -0.481 e. The van der Waals surface area contributed by atoms with Gasteiger partial charge in [-0.05, 0) is 32.9 Å². The predicted molar refractivity (Wildman–Crippen MR) is 70.6 cm³/mol. The van der Waals surface area contributed by atoms with E-state index in [9.17, 15) is 4.79 Å². The van der Waals surface area contributed by atoms with Gasteiger partial charge in [0.05, 0.1) is 0 Å². The predicted octanol–water partition coefficient (Wildman–Crippen LogP) is 2.05. The molecule has 0 N–H and O–H groups in total. The number of likely N-dealkylation sites (N-methyl/N-ethyl adjacent to an activating group) is 1. The van der Waals surface area contributed by atoms with Crippen LogP contribution in [0.3, 0.4) is 0 Å². The molecule has 19 heavy (non-hydrogen) atoms. The molecule has 0 bridgehead atoms. The first-order valence-corrected chi connectivity index (χ1v) is 6.50. The number of carbonyl (C=O) groups excluding carboxylic acids is 1. The molecule has 1 heterocycles. The Kier molecular flexibility index (Phi) is 4.14. The Hall–Kier alpha value is -1.91. The van der Waals surface area contributed by atoms with Gasteiger partial charge in [-0.25, -0.2) is 0 Å². The Morgan fingerprint density at radius 3 is 2.68 bits per heavy atom. The fourth-order valence-corrected chi connectivity index (χ4v) is 2.00. The summed E-state index contributed by atoms with van der Waals surface area (Å²) in [6, 6.07) is 5.31. The van der Waals surface area contributed by atoms with Crippen molar-refractivity contribution in [1.29, 1.82) is 0 Å². The van der Waals surface area contributed by atoms with Crippen molar-refractivity contribution >= 4 is 5.91 Å². The smallest absolute Gasteiger partial charge is 0.263 e. The number of hydrogen-bond acceptors (Lipinski definition) is 4. The average Bonchev–Trinajstić information content (AvgIpc) is 2.87. The maximum atomic E-state index is 12.1. The Morgan fingerprint density at radius 1 is 1.32 bits per heavy atom. The summed E-state index contributed by atoms with van der Waals surface area (Å²) in [6.07, 6.45) is -0.514. The molecule has 1 aromatic rings. The average molecular weight is 265 g/mol. The normalized spacial score (nSPS) is 14.1. The third-order valence-electron chi connectivity index (χ3n) is 3.08. The summed E-state index contributed by atoms with van der Waals surface area (Å²) in [5.74, 6) is 1.95. The number of ether oxygens (including phenoxy) is 3. The van der Waals surface area contributed by atoms with Crippen LogP contribution in [0.15, 0.2) is 18.2 Å². The molecule has 0 saturated heterocycles. The van der Waals surface area contributed by atoms with Crippen LogP contribution in [0.4, 0.5) is 0 Å². The fourth-order valence-electron chi connectivity index (χ4n) is 2.00. The van der Waals surface area contributed by atoms with Crippen LogP contribution in [0.1, 0.15) is 20.8 Å². The number of fused-ring (bicyclic) bond motifs is 1. The summed E-state index contributed by atoms with van der Waals surface area (Å²) in [5, 5.41) is 0. The molecule has 0 radical (unpaired) electrons. The number of benzene rings is 1. The third kappa shape index (κ3) is 2.92. The molecule has 0 unspecified atom stereocenters. The number of carbonyl (C=O) groups is 1. The van der Waals surface area contributed by atoms with E-state index in [1.54, 1.807) is 30.0 Å². The molecule has 1 aliphatic heterocycles. The summed E-state index contributed by atoms with van der Waals surface area (Å²) < 4.78 is 16.2. The lowest BCUT2D eigenvalue weighted by atomic mass is 10.3. The van der Waals surface area contributed by atoms with Crippen LogP contribution in [-0.4, -0.2) is 36.8 Å². The maximum Gasteiger partial charge on any atom is 0.263 e. The van der Waals surface area contributed by atoms with Gasteiger partial charge in [-0.2, -0.15) is 0 Å². The van der Waals surface area contributed by atoms with Crippen molar-refractivity contribution in [3.63, 3.8) is 0 Å². The van der Waals surface area contributed by atoms with E-state index in [0.717, 1.165) is 0 Å². The van der Waals surface area contributed by atoms with E-state index >= 15 is 0 Å². The molecule has 104 valence electrons. The zero-order valence-corrected chi connectivity index (χ0v) is 11.5. The highest BCUT2D eigenvalue weighted by Crippen LogP contribution is 2.35. The Bertz CT molecular complexity index is 457. The second kappa shape index (κ2) is 5.82. The standard InChI is InChI=1S/C14H19NO4/c1-4-15(5-2)14(16)10(3)19-11-6-7-12-13(8-11)18-9-17-12/h6-8,10H,4-5,9H2,1-3H3/t10-/m0/s1. The van der Waals surface area contributed by atoms with Crippen molar-refractivity contribution in [2.75, 3.05) is 19.9 Å². The van der Waals surface area contributed by atoms with Crippen LogP contribution in [0.25, 0.3) is 0 Å². The molecule has 0 aliphatic carbocycles. The maximum absolute atomic E-state index is 12.1. The zero-order valence-electron chi connectivity index (χ0n) is 11.5. The Morgan fingerprint density at radius 2 is 2.00 bits per heavy atom. The van der Waals surface area contributed by atoms with Crippen molar-refractivity contribution < 1.29 is 19.0 Å². The third-order valence-corrected chi connectivity index (χ3v) is 3.08. The molecule has 5 heteroatoms. The Balaban J connectivity index is 2.02. The van der Waals surface area contributed by atoms with Gasteiger partial charge in [-0.3, -0.25) is 4.79 Å². The number of nitrogens with zero attached hydrogens (tertiary/aromatic N) is 1. The van der Waals surface area contributed by atoms with Crippen molar-refractivity contribution in [3.8, 4) is 17.2 Å². The molecular formula is C14H19NO4. The van der Waals surface area contributed by atoms with E-state index < -0.39 is 6.10 Å². The lowest BCUT2D eigenvalue weighted by Crippen LogP contribution is -2.40. The number of amides is 1. The van der Waals surface area contributed by atoms with Gasteiger partial charge < -0.3 is 19.1 Å². The topological polar surface area (TPSA) is 48.0 Å². The molecule has 0 fully saturated rings. The molecule has 0 spiro atoms. The summed E-state index contributed by atoms with van der Waals surface area (Å²) >= 11 is 0. The van der Waals surface area contributed by atoms with Crippen LogP contribution >= 0.6 is 0 Å². The lowest BCUT2D eigenvalue weighted by Gasteiger charge is -2.23. The molecule has 0 saturated carbocycles. The molecule has 5 nitrogen and oxygen atoms in total. The highest BCUT2D eigenvalue weighted by Gasteiger charge is 2.21. The van der Waals surface area contributed by atoms with Crippen LogP contribution in [0, 0.1) is 0 Å². The van der Waals surface area contributed by atoms with Crippen molar-refractivity contribution in [1.82, 2.24) is 4.90 Å². The van der Waals surface area contributed by atoms with Gasteiger partial charge in [0.1, 0.15) is 5.75 Å². The second-order valence-corrected chi connectivity index (χ2v) is 4.29. The van der Waals surface area contributed by atoms with E-state index in [0.29, 0.717) is 30.3 Å². The summed E-state index contributed by atoms with van der Waals surface area (Å²) in [5.41, 5.74) is 0. The molecular weight excluding hydrogens is 246 g/mol. The molecule has 2 rings (SSSR count). The van der Waals surface area contributed by atoms with Gasteiger partial charge in [0, 0.05) is 19.2 Å². The lowest BCUT2D eigenvalue weighted by molar-refractivity contribution is -0.137. The number of hydrogen-bond donors (Lipinski definition) is 0. The van der Waals surface area contributed by atoms with Crippen LogP contribution in [0.5, 0.6) is 17.2 Å². The Labute approximate surface area is 113 Å². The summed E-state index contributed by atoms with van der Waals surface area (Å²) in [4.78, 5) is 13.8. The molecule has 1 aromatic carbocycles. The summed E-state index contributed by atoms with van der Waals surface area (Å²) in [6.45, 7) is 7.26. The fraction of sp³-hybridized carbons (Fsp3) is 0.500. The largest absolute Gasteiger partial charge is 0.481 e. The monoisotopic (exact) mass is 265 g/mol.